The van der Waals surface area contributed by atoms with Gasteiger partial charge in [-0.05, 0) is 12.5 Å². The minimum absolute atomic E-state index is 0.867. The molecule has 0 aromatic carbocycles. The van der Waals surface area contributed by atoms with Crippen molar-refractivity contribution in [2.24, 2.45) is 7.05 Å². The minimum atomic E-state index is 0.867. The van der Waals surface area contributed by atoms with Crippen LogP contribution in [0.4, 0.5) is 0 Å². The zero-order valence-corrected chi connectivity index (χ0v) is 13.1. The van der Waals surface area contributed by atoms with Gasteiger partial charge >= 0.3 is 0 Å². The molecule has 0 amide bonds. The number of aromatic nitrogens is 4. The van der Waals surface area contributed by atoms with Crippen molar-refractivity contribution in [3.05, 3.63) is 54.4 Å². The third-order valence-electron chi connectivity index (χ3n) is 4.46. The first-order valence-corrected chi connectivity index (χ1v) is 7.85. The van der Waals surface area contributed by atoms with E-state index in [1.54, 1.807) is 18.9 Å². The predicted molar refractivity (Wildman–Crippen MR) is 85.6 cm³/mol. The number of aryl methyl sites for hydroxylation is 1. The van der Waals surface area contributed by atoms with E-state index in [1.807, 2.05) is 25.5 Å². The summed E-state index contributed by atoms with van der Waals surface area (Å²) in [6, 6.07) is 1.96. The van der Waals surface area contributed by atoms with Crippen LogP contribution in [0.3, 0.4) is 0 Å². The fourth-order valence-corrected chi connectivity index (χ4v) is 3.13. The van der Waals surface area contributed by atoms with Crippen LogP contribution in [0.1, 0.15) is 17.1 Å². The average molecular weight is 309 g/mol. The summed E-state index contributed by atoms with van der Waals surface area (Å²) >= 11 is 0. The Morgan fingerprint density at radius 2 is 2.09 bits per heavy atom. The quantitative estimate of drug-likeness (QED) is 0.741. The van der Waals surface area contributed by atoms with Crippen molar-refractivity contribution < 1.29 is 4.42 Å². The van der Waals surface area contributed by atoms with Crippen molar-refractivity contribution in [3.63, 3.8) is 0 Å². The predicted octanol–water partition coefficient (Wildman–Crippen LogP) is 2.07. The molecular formula is C17H19N5O. The second-order valence-electron chi connectivity index (χ2n) is 5.89. The Bertz CT molecular complexity index is 793. The Morgan fingerprint density at radius 3 is 2.87 bits per heavy atom. The Balaban J connectivity index is 1.57. The first-order valence-electron chi connectivity index (χ1n) is 7.85. The van der Waals surface area contributed by atoms with Crippen LogP contribution >= 0.6 is 0 Å². The number of fused-ring (bicyclic) bond motifs is 1. The minimum Gasteiger partial charge on any atom is -0.472 e. The highest BCUT2D eigenvalue weighted by molar-refractivity contribution is 5.62. The second kappa shape index (κ2) is 5.96. The van der Waals surface area contributed by atoms with Gasteiger partial charge in [-0.3, -0.25) is 4.90 Å². The molecule has 0 N–H and O–H groups in total. The molecule has 0 spiro atoms. The molecule has 0 bridgehead atoms. The van der Waals surface area contributed by atoms with E-state index < -0.39 is 0 Å². The van der Waals surface area contributed by atoms with Gasteiger partial charge in [-0.2, -0.15) is 0 Å². The lowest BCUT2D eigenvalue weighted by Gasteiger charge is -2.19. The number of furan rings is 1. The van der Waals surface area contributed by atoms with E-state index in [0.717, 1.165) is 55.3 Å². The molecule has 0 aliphatic carbocycles. The van der Waals surface area contributed by atoms with Gasteiger partial charge in [0.15, 0.2) is 0 Å². The van der Waals surface area contributed by atoms with Crippen LogP contribution in [0.2, 0.25) is 0 Å². The van der Waals surface area contributed by atoms with Crippen LogP contribution in [0.25, 0.3) is 11.3 Å². The monoisotopic (exact) mass is 309 g/mol. The van der Waals surface area contributed by atoms with Gasteiger partial charge in [0.05, 0.1) is 24.8 Å². The first-order chi connectivity index (χ1) is 11.3. The molecule has 0 radical (unpaired) electrons. The normalized spacial score (nSPS) is 15.3. The summed E-state index contributed by atoms with van der Waals surface area (Å²) in [6.45, 7) is 2.84. The molecule has 0 saturated heterocycles. The number of hydrogen-bond donors (Lipinski definition) is 0. The molecule has 23 heavy (non-hydrogen) atoms. The fraction of sp³-hybridized carbons (Fsp3) is 0.353. The second-order valence-corrected chi connectivity index (χ2v) is 5.89. The standard InChI is InChI=1S/C17H19N5O/c1-21-8-5-18-16(21)10-22-6-2-14-15(3-7-22)19-12-20-17(14)13-4-9-23-11-13/h4-5,8-9,11-12H,2-3,6-7,10H2,1H3. The van der Waals surface area contributed by atoms with E-state index >= 15 is 0 Å². The van der Waals surface area contributed by atoms with Gasteiger partial charge in [0, 0.05) is 55.8 Å². The maximum Gasteiger partial charge on any atom is 0.122 e. The maximum atomic E-state index is 5.21. The molecule has 0 fully saturated rings. The maximum absolute atomic E-state index is 5.21. The van der Waals surface area contributed by atoms with E-state index in [4.69, 9.17) is 4.42 Å². The van der Waals surface area contributed by atoms with Gasteiger partial charge < -0.3 is 8.98 Å². The number of hydrogen-bond acceptors (Lipinski definition) is 5. The van der Waals surface area contributed by atoms with Crippen LogP contribution in [0.5, 0.6) is 0 Å². The Hall–Kier alpha value is -2.47. The molecule has 1 aliphatic heterocycles. The molecule has 0 unspecified atom stereocenters. The van der Waals surface area contributed by atoms with Crippen LogP contribution in [0.15, 0.2) is 41.7 Å². The molecule has 0 atom stereocenters. The van der Waals surface area contributed by atoms with Crippen LogP contribution in [-0.2, 0) is 26.4 Å². The van der Waals surface area contributed by atoms with E-state index in [9.17, 15) is 0 Å². The highest BCUT2D eigenvalue weighted by atomic mass is 16.3. The van der Waals surface area contributed by atoms with Crippen molar-refractivity contribution in [2.75, 3.05) is 13.1 Å². The van der Waals surface area contributed by atoms with Crippen molar-refractivity contribution in [1.29, 1.82) is 0 Å². The van der Waals surface area contributed by atoms with E-state index in [1.165, 1.54) is 5.56 Å². The lowest BCUT2D eigenvalue weighted by molar-refractivity contribution is 0.269. The van der Waals surface area contributed by atoms with Crippen LogP contribution < -0.4 is 0 Å². The van der Waals surface area contributed by atoms with Crippen molar-refractivity contribution in [3.8, 4) is 11.3 Å². The van der Waals surface area contributed by atoms with Crippen LogP contribution in [0, 0.1) is 0 Å². The van der Waals surface area contributed by atoms with Gasteiger partial charge in [0.25, 0.3) is 0 Å². The number of rotatable bonds is 3. The Kier molecular flexibility index (Phi) is 3.67. The van der Waals surface area contributed by atoms with Gasteiger partial charge in [-0.25, -0.2) is 15.0 Å². The zero-order valence-electron chi connectivity index (χ0n) is 13.1. The summed E-state index contributed by atoms with van der Waals surface area (Å²) in [5.74, 6) is 1.09. The summed E-state index contributed by atoms with van der Waals surface area (Å²) in [6.07, 6.45) is 10.8. The van der Waals surface area contributed by atoms with Gasteiger partial charge in [-0.1, -0.05) is 0 Å². The Labute approximate surface area is 134 Å². The molecule has 4 rings (SSSR count). The summed E-state index contributed by atoms with van der Waals surface area (Å²) in [5.41, 5.74) is 4.43. The molecular weight excluding hydrogens is 290 g/mol. The largest absolute Gasteiger partial charge is 0.472 e. The van der Waals surface area contributed by atoms with Gasteiger partial charge in [-0.15, -0.1) is 0 Å². The van der Waals surface area contributed by atoms with Crippen molar-refractivity contribution >= 4 is 0 Å². The lowest BCUT2D eigenvalue weighted by Crippen LogP contribution is -2.27. The van der Waals surface area contributed by atoms with E-state index in [2.05, 4.69) is 24.4 Å². The number of nitrogens with zero attached hydrogens (tertiary/aromatic N) is 5. The van der Waals surface area contributed by atoms with Gasteiger partial charge in [0.1, 0.15) is 12.2 Å². The molecule has 1 aliphatic rings. The SMILES string of the molecule is Cn1ccnc1CN1CCc2ncnc(-c3ccoc3)c2CC1. The Morgan fingerprint density at radius 1 is 1.17 bits per heavy atom. The summed E-state index contributed by atoms with van der Waals surface area (Å²) in [4.78, 5) is 15.9. The van der Waals surface area contributed by atoms with Gasteiger partial charge in [0.2, 0.25) is 0 Å². The average Bonchev–Trinajstić information content (AvgIpc) is 3.18. The van der Waals surface area contributed by atoms with Crippen molar-refractivity contribution in [2.45, 2.75) is 19.4 Å². The molecule has 6 heteroatoms. The fourth-order valence-electron chi connectivity index (χ4n) is 3.13. The summed E-state index contributed by atoms with van der Waals surface area (Å²) in [5, 5.41) is 0. The van der Waals surface area contributed by atoms with Crippen molar-refractivity contribution in [1.82, 2.24) is 24.4 Å². The van der Waals surface area contributed by atoms with Crippen LogP contribution in [-0.4, -0.2) is 37.5 Å². The van der Waals surface area contributed by atoms with E-state index in [-0.39, 0.29) is 0 Å². The summed E-state index contributed by atoms with van der Waals surface area (Å²) in [7, 11) is 2.04. The molecule has 6 nitrogen and oxygen atoms in total. The number of imidazole rings is 1. The smallest absolute Gasteiger partial charge is 0.122 e. The molecule has 3 aromatic rings. The first kappa shape index (κ1) is 14.1. The molecule has 3 aromatic heterocycles. The third kappa shape index (κ3) is 2.77. The zero-order chi connectivity index (χ0) is 15.6. The molecule has 118 valence electrons. The topological polar surface area (TPSA) is 60.0 Å². The highest BCUT2D eigenvalue weighted by Crippen LogP contribution is 2.26. The van der Waals surface area contributed by atoms with E-state index in [0.29, 0.717) is 0 Å². The summed E-state index contributed by atoms with van der Waals surface area (Å²) < 4.78 is 7.29. The highest BCUT2D eigenvalue weighted by Gasteiger charge is 2.20. The molecule has 4 heterocycles. The molecule has 0 saturated carbocycles. The lowest BCUT2D eigenvalue weighted by atomic mass is 10.0. The third-order valence-corrected chi connectivity index (χ3v) is 4.46.